The first-order valence-corrected chi connectivity index (χ1v) is 14.3. The van der Waals surface area contributed by atoms with Gasteiger partial charge in [-0.2, -0.15) is 0 Å². The van der Waals surface area contributed by atoms with E-state index in [2.05, 4.69) is 86.5 Å². The summed E-state index contributed by atoms with van der Waals surface area (Å²) in [5.41, 5.74) is 4.99. The summed E-state index contributed by atoms with van der Waals surface area (Å²) in [5, 5.41) is 0.887. The quantitative estimate of drug-likeness (QED) is 0.245. The summed E-state index contributed by atoms with van der Waals surface area (Å²) in [6.07, 6.45) is 12.0. The summed E-state index contributed by atoms with van der Waals surface area (Å²) in [5.74, 6) is 0.0876. The van der Waals surface area contributed by atoms with Crippen molar-refractivity contribution in [2.75, 3.05) is 25.0 Å². The number of nitrogens with zero attached hydrogens (tertiary/aromatic N) is 1. The first kappa shape index (κ1) is 27.5. The normalized spacial score (nSPS) is 18.7. The van der Waals surface area contributed by atoms with Crippen molar-refractivity contribution < 1.29 is 9.53 Å². The molecular weight excluding hydrogens is 566 g/mol. The van der Waals surface area contributed by atoms with E-state index < -0.39 is 0 Å². The van der Waals surface area contributed by atoms with Crippen molar-refractivity contribution in [2.24, 2.45) is 0 Å². The van der Waals surface area contributed by atoms with E-state index >= 15 is 0 Å². The van der Waals surface area contributed by atoms with Crippen LogP contribution in [0.2, 0.25) is 0 Å². The Labute approximate surface area is 227 Å². The zero-order valence-corrected chi connectivity index (χ0v) is 24.0. The van der Waals surface area contributed by atoms with Crippen molar-refractivity contribution in [1.82, 2.24) is 4.90 Å². The minimum Gasteiger partial charge on any atom is -0.448 e. The van der Waals surface area contributed by atoms with Crippen LogP contribution in [-0.2, 0) is 10.2 Å². The number of carbonyl (C=O) groups excluding carboxylic acids is 1. The molecule has 2 aromatic carbocycles. The second-order valence-corrected chi connectivity index (χ2v) is 10.2. The van der Waals surface area contributed by atoms with Crippen LogP contribution in [0, 0.1) is 0 Å². The minimum atomic E-state index is -0.210. The number of hydrogen-bond donors (Lipinski definition) is 0. The molecule has 35 heavy (non-hydrogen) atoms. The Morgan fingerprint density at radius 1 is 1.09 bits per heavy atom. The number of hydrogen-bond acceptors (Lipinski definition) is 2. The Kier molecular flexibility index (Phi) is 10.4. The molecule has 3 nitrogen and oxygen atoms in total. The SMILES string of the molecule is C/C=C\C=C/C1=CC(COC(=O)N2CCC(CBr)(c3ccc(Br)cc3)CC2)c2ccccc21.CC. The van der Waals surface area contributed by atoms with Crippen LogP contribution in [-0.4, -0.2) is 36.0 Å². The molecule has 1 saturated heterocycles. The highest BCUT2D eigenvalue weighted by Gasteiger charge is 2.37. The number of alkyl halides is 1. The van der Waals surface area contributed by atoms with Gasteiger partial charge in [-0.25, -0.2) is 4.79 Å². The Morgan fingerprint density at radius 3 is 2.43 bits per heavy atom. The summed E-state index contributed by atoms with van der Waals surface area (Å²) in [7, 11) is 0. The van der Waals surface area contributed by atoms with E-state index in [1.165, 1.54) is 22.3 Å². The first-order chi connectivity index (χ1) is 17.1. The van der Waals surface area contributed by atoms with Gasteiger partial charge in [-0.3, -0.25) is 0 Å². The van der Waals surface area contributed by atoms with E-state index in [0.717, 1.165) is 22.6 Å². The Balaban J connectivity index is 0.00000167. The number of ether oxygens (including phenoxy) is 1. The molecule has 0 saturated carbocycles. The largest absolute Gasteiger partial charge is 0.448 e. The lowest BCUT2D eigenvalue weighted by atomic mass is 9.74. The second-order valence-electron chi connectivity index (χ2n) is 8.69. The van der Waals surface area contributed by atoms with Crippen LogP contribution in [0.1, 0.15) is 56.2 Å². The molecule has 1 heterocycles. The number of halogens is 2. The maximum Gasteiger partial charge on any atom is 0.409 e. The molecule has 1 fully saturated rings. The third-order valence-corrected chi connectivity index (χ3v) is 8.31. The molecule has 2 aromatic rings. The first-order valence-electron chi connectivity index (χ1n) is 12.4. The lowest BCUT2D eigenvalue weighted by Crippen LogP contribution is -2.46. The standard InChI is InChI=1S/C28H29Br2NO2.C2H6/c1-2-3-4-7-21-18-22(26-9-6-5-8-25(21)26)19-33-27(32)31-16-14-28(20-29,15-17-31)23-10-12-24(30)13-11-23;1-2/h2-13,18,22H,14-17,19-20H2,1H3;1-2H3/b3-2-,7-4-;. The van der Waals surface area contributed by atoms with Gasteiger partial charge in [-0.15, -0.1) is 0 Å². The molecule has 0 radical (unpaired) electrons. The average Bonchev–Trinajstić information content (AvgIpc) is 3.26. The zero-order chi connectivity index (χ0) is 25.3. The van der Waals surface area contributed by atoms with Crippen molar-refractivity contribution in [3.05, 3.63) is 100 Å². The maximum atomic E-state index is 12.9. The number of allylic oxidation sites excluding steroid dienone is 5. The number of amides is 1. The van der Waals surface area contributed by atoms with Gasteiger partial charge in [0.1, 0.15) is 6.61 Å². The molecule has 186 valence electrons. The molecule has 2 aliphatic rings. The van der Waals surface area contributed by atoms with Crippen LogP contribution in [0.3, 0.4) is 0 Å². The van der Waals surface area contributed by atoms with Crippen molar-refractivity contribution in [3.8, 4) is 0 Å². The fraction of sp³-hybridized carbons (Fsp3) is 0.367. The van der Waals surface area contributed by atoms with Crippen LogP contribution in [0.25, 0.3) is 5.57 Å². The van der Waals surface area contributed by atoms with E-state index in [4.69, 9.17) is 4.74 Å². The van der Waals surface area contributed by atoms with Gasteiger partial charge in [0.25, 0.3) is 0 Å². The van der Waals surface area contributed by atoms with Gasteiger partial charge < -0.3 is 9.64 Å². The minimum absolute atomic E-state index is 0.0543. The lowest BCUT2D eigenvalue weighted by molar-refractivity contribution is 0.0835. The summed E-state index contributed by atoms with van der Waals surface area (Å²) in [4.78, 5) is 14.7. The van der Waals surface area contributed by atoms with E-state index in [1.807, 2.05) is 50.0 Å². The number of carbonyl (C=O) groups is 1. The number of piperidine rings is 1. The predicted molar refractivity (Wildman–Crippen MR) is 154 cm³/mol. The fourth-order valence-corrected chi connectivity index (χ4v) is 5.85. The molecule has 4 rings (SSSR count). The molecule has 0 N–H and O–H groups in total. The van der Waals surface area contributed by atoms with Crippen LogP contribution < -0.4 is 0 Å². The highest BCUT2D eigenvalue weighted by atomic mass is 79.9. The van der Waals surface area contributed by atoms with Crippen molar-refractivity contribution in [1.29, 1.82) is 0 Å². The third kappa shape index (κ3) is 6.56. The van der Waals surface area contributed by atoms with Gasteiger partial charge in [-0.1, -0.05) is 112 Å². The van der Waals surface area contributed by atoms with Gasteiger partial charge in [0.2, 0.25) is 0 Å². The Hall–Kier alpha value is -2.11. The van der Waals surface area contributed by atoms with Crippen LogP contribution in [0.4, 0.5) is 4.79 Å². The summed E-state index contributed by atoms with van der Waals surface area (Å²) < 4.78 is 6.89. The highest BCUT2D eigenvalue weighted by Crippen LogP contribution is 2.39. The lowest BCUT2D eigenvalue weighted by Gasteiger charge is -2.41. The molecule has 1 aliphatic carbocycles. The topological polar surface area (TPSA) is 29.5 Å². The van der Waals surface area contributed by atoms with E-state index in [9.17, 15) is 4.79 Å². The average molecular weight is 601 g/mol. The molecule has 1 atom stereocenters. The van der Waals surface area contributed by atoms with Crippen molar-refractivity contribution >= 4 is 43.5 Å². The molecule has 1 unspecified atom stereocenters. The summed E-state index contributed by atoms with van der Waals surface area (Å²) in [6, 6.07) is 16.9. The van der Waals surface area contributed by atoms with E-state index in [1.54, 1.807) is 0 Å². The second kappa shape index (κ2) is 13.3. The van der Waals surface area contributed by atoms with Crippen LogP contribution >= 0.6 is 31.9 Å². The van der Waals surface area contributed by atoms with Gasteiger partial charge >= 0.3 is 6.09 Å². The van der Waals surface area contributed by atoms with E-state index in [-0.39, 0.29) is 17.4 Å². The molecule has 0 aromatic heterocycles. The molecule has 1 aliphatic heterocycles. The molecule has 0 bridgehead atoms. The fourth-order valence-electron chi connectivity index (χ4n) is 4.71. The third-order valence-electron chi connectivity index (χ3n) is 6.71. The summed E-state index contributed by atoms with van der Waals surface area (Å²) in [6.45, 7) is 7.78. The maximum absolute atomic E-state index is 12.9. The van der Waals surface area contributed by atoms with Crippen LogP contribution in [0.5, 0.6) is 0 Å². The molecular formula is C30H35Br2NO2. The number of likely N-dealkylation sites (tertiary alicyclic amines) is 1. The smallest absolute Gasteiger partial charge is 0.409 e. The monoisotopic (exact) mass is 599 g/mol. The van der Waals surface area contributed by atoms with E-state index in [0.29, 0.717) is 19.7 Å². The van der Waals surface area contributed by atoms with Gasteiger partial charge in [0, 0.05) is 34.2 Å². The Morgan fingerprint density at radius 2 is 1.77 bits per heavy atom. The predicted octanol–water partition coefficient (Wildman–Crippen LogP) is 8.65. The molecule has 0 spiro atoms. The summed E-state index contributed by atoms with van der Waals surface area (Å²) >= 11 is 7.26. The highest BCUT2D eigenvalue weighted by molar-refractivity contribution is 9.10. The Bertz CT molecular complexity index is 1060. The molecule has 1 amide bonds. The van der Waals surface area contributed by atoms with Gasteiger partial charge in [0.05, 0.1) is 0 Å². The van der Waals surface area contributed by atoms with Crippen LogP contribution in [0.15, 0.2) is 83.4 Å². The molecule has 5 heteroatoms. The zero-order valence-electron chi connectivity index (χ0n) is 20.8. The van der Waals surface area contributed by atoms with Crippen molar-refractivity contribution in [2.45, 2.75) is 44.9 Å². The van der Waals surface area contributed by atoms with Crippen molar-refractivity contribution in [3.63, 3.8) is 0 Å². The number of fused-ring (bicyclic) bond motifs is 1. The van der Waals surface area contributed by atoms with Gasteiger partial charge in [0.15, 0.2) is 0 Å². The number of rotatable bonds is 6. The number of benzene rings is 2. The van der Waals surface area contributed by atoms with Gasteiger partial charge in [-0.05, 0) is 54.2 Å².